The zero-order valence-corrected chi connectivity index (χ0v) is 15.7. The van der Waals surface area contributed by atoms with E-state index in [1.165, 1.54) is 24.4 Å². The highest BCUT2D eigenvalue weighted by molar-refractivity contribution is 6.08. The van der Waals surface area contributed by atoms with Crippen molar-refractivity contribution in [2.45, 2.75) is 6.54 Å². The molecule has 0 saturated heterocycles. The molecule has 3 N–H and O–H groups in total. The molecule has 2 heterocycles. The Labute approximate surface area is 170 Å². The number of halogens is 1. The van der Waals surface area contributed by atoms with Crippen molar-refractivity contribution in [2.75, 3.05) is 5.32 Å². The summed E-state index contributed by atoms with van der Waals surface area (Å²) in [6.07, 6.45) is 1.38. The highest BCUT2D eigenvalue weighted by Gasteiger charge is 2.14. The van der Waals surface area contributed by atoms with Crippen molar-refractivity contribution < 1.29 is 13.7 Å². The summed E-state index contributed by atoms with van der Waals surface area (Å²) in [6.45, 7) is 0.342. The number of aromatic amines is 1. The van der Waals surface area contributed by atoms with Crippen LogP contribution in [0.5, 0.6) is 0 Å². The second kappa shape index (κ2) is 8.82. The average Bonchev–Trinajstić information content (AvgIpc) is 3.46. The smallest absolute Gasteiger partial charge is 0.296 e. The van der Waals surface area contributed by atoms with Crippen LogP contribution in [0, 0.1) is 5.82 Å². The molecule has 30 heavy (non-hydrogen) atoms. The molecule has 9 heteroatoms. The zero-order valence-electron chi connectivity index (χ0n) is 15.7. The van der Waals surface area contributed by atoms with Gasteiger partial charge < -0.3 is 9.84 Å². The first kappa shape index (κ1) is 19.1. The van der Waals surface area contributed by atoms with E-state index in [-0.39, 0.29) is 17.5 Å². The van der Waals surface area contributed by atoms with Gasteiger partial charge in [-0.25, -0.2) is 9.38 Å². The van der Waals surface area contributed by atoms with Crippen molar-refractivity contribution in [1.29, 1.82) is 0 Å². The molecule has 8 nitrogen and oxygen atoms in total. The molecule has 2 aromatic heterocycles. The summed E-state index contributed by atoms with van der Waals surface area (Å²) in [4.78, 5) is 16.8. The van der Waals surface area contributed by atoms with Crippen LogP contribution in [-0.2, 0) is 6.54 Å². The van der Waals surface area contributed by atoms with Gasteiger partial charge in [-0.05, 0) is 35.4 Å². The highest BCUT2D eigenvalue weighted by Crippen LogP contribution is 2.20. The molecule has 0 atom stereocenters. The van der Waals surface area contributed by atoms with Crippen LogP contribution < -0.4 is 10.6 Å². The highest BCUT2D eigenvalue weighted by atomic mass is 19.1. The Morgan fingerprint density at radius 1 is 1.10 bits per heavy atom. The summed E-state index contributed by atoms with van der Waals surface area (Å²) >= 11 is 0. The van der Waals surface area contributed by atoms with E-state index in [1.54, 1.807) is 18.2 Å². The normalized spacial score (nSPS) is 11.3. The van der Waals surface area contributed by atoms with E-state index < -0.39 is 5.91 Å². The Kier molecular flexibility index (Phi) is 5.61. The van der Waals surface area contributed by atoms with E-state index in [4.69, 9.17) is 4.52 Å². The van der Waals surface area contributed by atoms with Gasteiger partial charge in [-0.3, -0.25) is 15.2 Å². The first-order valence-corrected chi connectivity index (χ1v) is 9.06. The maximum absolute atomic E-state index is 13.1. The Balaban J connectivity index is 1.53. The Bertz CT molecular complexity index is 1140. The van der Waals surface area contributed by atoms with Gasteiger partial charge in [-0.1, -0.05) is 35.5 Å². The fraction of sp³-hybridized carbons (Fsp3) is 0.0476. The average molecular weight is 404 g/mol. The summed E-state index contributed by atoms with van der Waals surface area (Å²) in [5.41, 5.74) is 2.42. The van der Waals surface area contributed by atoms with E-state index in [1.807, 2.05) is 30.3 Å². The zero-order chi connectivity index (χ0) is 20.8. The molecular formula is C21H17FN6O2. The molecule has 0 aliphatic rings. The van der Waals surface area contributed by atoms with Crippen LogP contribution in [0.15, 0.2) is 82.4 Å². The number of carbonyl (C=O) groups is 1. The fourth-order valence-corrected chi connectivity index (χ4v) is 2.65. The minimum absolute atomic E-state index is 0.0539. The van der Waals surface area contributed by atoms with Gasteiger partial charge in [0, 0.05) is 12.1 Å². The van der Waals surface area contributed by atoms with Crippen molar-refractivity contribution in [1.82, 2.24) is 20.7 Å². The molecular weight excluding hydrogens is 387 g/mol. The van der Waals surface area contributed by atoms with Gasteiger partial charge in [0.25, 0.3) is 5.91 Å². The molecule has 0 saturated carbocycles. The summed E-state index contributed by atoms with van der Waals surface area (Å²) in [6, 6.07) is 18.8. The number of guanidine groups is 1. The largest absolute Gasteiger partial charge is 0.351 e. The number of carbonyl (C=O) groups excluding carboxylic acids is 1. The van der Waals surface area contributed by atoms with Crippen LogP contribution in [0.4, 0.5) is 10.2 Å². The SMILES string of the molecule is O=C(NC(=NCc1ccccc1)Nc1cc(-c2ccc(F)cc2)[nH]n1)c1ccno1. The third-order valence-corrected chi connectivity index (χ3v) is 4.14. The third-order valence-electron chi connectivity index (χ3n) is 4.14. The van der Waals surface area contributed by atoms with Crippen LogP contribution in [0.2, 0.25) is 0 Å². The van der Waals surface area contributed by atoms with Crippen molar-refractivity contribution >= 4 is 17.7 Å². The number of nitrogens with zero attached hydrogens (tertiary/aromatic N) is 3. The second-order valence-corrected chi connectivity index (χ2v) is 6.28. The second-order valence-electron chi connectivity index (χ2n) is 6.28. The van der Waals surface area contributed by atoms with Crippen LogP contribution in [0.3, 0.4) is 0 Å². The quantitative estimate of drug-likeness (QED) is 0.348. The number of hydrogen-bond donors (Lipinski definition) is 3. The van der Waals surface area contributed by atoms with Crippen molar-refractivity contribution in [3.63, 3.8) is 0 Å². The summed E-state index contributed by atoms with van der Waals surface area (Å²) in [5.74, 6) is -0.141. The third kappa shape index (κ3) is 4.76. The number of nitrogens with one attached hydrogen (secondary N) is 3. The van der Waals surface area contributed by atoms with E-state index in [9.17, 15) is 9.18 Å². The standard InChI is InChI=1S/C21H17FN6O2/c22-16-8-6-15(7-9-16)17-12-19(28-27-17)25-21(23-13-14-4-2-1-3-5-14)26-20(29)18-10-11-24-30-18/h1-12H,13H2,(H3,23,25,26,27,28,29). The van der Waals surface area contributed by atoms with Gasteiger partial charge in [0.05, 0.1) is 18.4 Å². The predicted octanol–water partition coefficient (Wildman–Crippen LogP) is 3.60. The number of anilines is 1. The molecule has 0 aliphatic carbocycles. The fourth-order valence-electron chi connectivity index (χ4n) is 2.65. The number of aromatic nitrogens is 3. The molecule has 4 rings (SSSR count). The predicted molar refractivity (Wildman–Crippen MR) is 109 cm³/mol. The van der Waals surface area contributed by atoms with Crippen molar-refractivity contribution in [3.05, 3.63) is 90.1 Å². The minimum Gasteiger partial charge on any atom is -0.351 e. The Morgan fingerprint density at radius 3 is 2.63 bits per heavy atom. The maximum atomic E-state index is 13.1. The maximum Gasteiger partial charge on any atom is 0.296 e. The monoisotopic (exact) mass is 404 g/mol. The lowest BCUT2D eigenvalue weighted by atomic mass is 10.1. The summed E-state index contributed by atoms with van der Waals surface area (Å²) in [7, 11) is 0. The Hall–Kier alpha value is -4.27. The molecule has 0 bridgehead atoms. The first-order valence-electron chi connectivity index (χ1n) is 9.06. The molecule has 1 amide bonds. The van der Waals surface area contributed by atoms with Gasteiger partial charge >= 0.3 is 0 Å². The molecule has 4 aromatic rings. The lowest BCUT2D eigenvalue weighted by Crippen LogP contribution is -2.36. The topological polar surface area (TPSA) is 108 Å². The van der Waals surface area contributed by atoms with Crippen molar-refractivity contribution in [3.8, 4) is 11.3 Å². The molecule has 0 unspecified atom stereocenters. The number of rotatable bonds is 5. The molecule has 2 aromatic carbocycles. The number of amides is 1. The van der Waals surface area contributed by atoms with Crippen LogP contribution in [-0.4, -0.2) is 27.2 Å². The van der Waals surface area contributed by atoms with E-state index >= 15 is 0 Å². The van der Waals surface area contributed by atoms with E-state index in [0.29, 0.717) is 18.1 Å². The van der Waals surface area contributed by atoms with Crippen LogP contribution in [0.25, 0.3) is 11.3 Å². The molecule has 0 aliphatic heterocycles. The first-order chi connectivity index (χ1) is 14.7. The number of H-pyrrole nitrogens is 1. The molecule has 0 fully saturated rings. The number of hydrogen-bond acceptors (Lipinski definition) is 5. The lowest BCUT2D eigenvalue weighted by molar-refractivity contribution is 0.0940. The molecule has 0 radical (unpaired) electrons. The minimum atomic E-state index is -0.499. The van der Waals surface area contributed by atoms with E-state index in [2.05, 4.69) is 31.0 Å². The van der Waals surface area contributed by atoms with Crippen LogP contribution in [0.1, 0.15) is 16.1 Å². The van der Waals surface area contributed by atoms with Crippen LogP contribution >= 0.6 is 0 Å². The van der Waals surface area contributed by atoms with Gasteiger partial charge in [0.2, 0.25) is 11.7 Å². The Morgan fingerprint density at radius 2 is 1.90 bits per heavy atom. The van der Waals surface area contributed by atoms with Crippen molar-refractivity contribution in [2.24, 2.45) is 4.99 Å². The lowest BCUT2D eigenvalue weighted by Gasteiger charge is -2.08. The van der Waals surface area contributed by atoms with E-state index in [0.717, 1.165) is 11.1 Å². The molecule has 0 spiro atoms. The summed E-state index contributed by atoms with van der Waals surface area (Å²) in [5, 5.41) is 16.2. The van der Waals surface area contributed by atoms with Gasteiger partial charge in [0.15, 0.2) is 5.82 Å². The number of benzene rings is 2. The van der Waals surface area contributed by atoms with Gasteiger partial charge in [0.1, 0.15) is 5.82 Å². The number of aliphatic imine (C=N–C) groups is 1. The van der Waals surface area contributed by atoms with Gasteiger partial charge in [-0.2, -0.15) is 5.10 Å². The summed E-state index contributed by atoms with van der Waals surface area (Å²) < 4.78 is 18.0. The van der Waals surface area contributed by atoms with Gasteiger partial charge in [-0.15, -0.1) is 0 Å². The molecule has 150 valence electrons.